The molecule has 0 fully saturated rings. The lowest BCUT2D eigenvalue weighted by atomic mass is 9.93. The monoisotopic (exact) mass is 258 g/mol. The van der Waals surface area contributed by atoms with E-state index < -0.39 is 0 Å². The van der Waals surface area contributed by atoms with Gasteiger partial charge in [-0.2, -0.15) is 0 Å². The van der Waals surface area contributed by atoms with E-state index in [9.17, 15) is 0 Å². The summed E-state index contributed by atoms with van der Waals surface area (Å²) in [6.07, 6.45) is 7.74. The smallest absolute Gasteiger partial charge is 0.0588 e. The van der Waals surface area contributed by atoms with Gasteiger partial charge in [0.25, 0.3) is 0 Å². The largest absolute Gasteiger partial charge is 0.324 e. The highest BCUT2D eigenvalue weighted by Gasteiger charge is 2.21. The number of hydrogen-bond donors (Lipinski definition) is 1. The number of rotatable bonds is 2. The van der Waals surface area contributed by atoms with E-state index in [0.717, 1.165) is 12.8 Å². The molecule has 3 rings (SSSR count). The summed E-state index contributed by atoms with van der Waals surface area (Å²) in [4.78, 5) is 1.31. The van der Waals surface area contributed by atoms with Crippen molar-refractivity contribution in [3.8, 4) is 5.69 Å². The summed E-state index contributed by atoms with van der Waals surface area (Å²) in [6.45, 7) is 0. The van der Waals surface area contributed by atoms with Crippen molar-refractivity contribution >= 4 is 11.8 Å². The third-order valence-electron chi connectivity index (χ3n) is 3.70. The lowest BCUT2D eigenvalue weighted by Gasteiger charge is -2.21. The number of para-hydroxylation sites is 1. The van der Waals surface area contributed by atoms with Crippen molar-refractivity contribution in [2.24, 2.45) is 5.73 Å². The minimum Gasteiger partial charge on any atom is -0.324 e. The zero-order chi connectivity index (χ0) is 12.5. The number of aromatic nitrogens is 1. The standard InChI is InChI=1S/C15H18N2S/c1-18-15-8-3-2-6-14(15)17-10-9-11-12(16)5-4-7-13(11)17/h2-3,6,8-10,12H,4-5,7,16H2,1H3. The molecule has 0 radical (unpaired) electrons. The lowest BCUT2D eigenvalue weighted by Crippen LogP contribution is -2.17. The van der Waals surface area contributed by atoms with Gasteiger partial charge in [-0.25, -0.2) is 0 Å². The van der Waals surface area contributed by atoms with Crippen molar-refractivity contribution in [2.75, 3.05) is 6.26 Å². The highest BCUT2D eigenvalue weighted by atomic mass is 32.2. The topological polar surface area (TPSA) is 30.9 Å². The van der Waals surface area contributed by atoms with E-state index >= 15 is 0 Å². The van der Waals surface area contributed by atoms with Crippen molar-refractivity contribution in [2.45, 2.75) is 30.2 Å². The Morgan fingerprint density at radius 3 is 2.94 bits per heavy atom. The molecule has 1 atom stereocenters. The molecule has 0 saturated carbocycles. The number of benzene rings is 1. The van der Waals surface area contributed by atoms with E-state index in [4.69, 9.17) is 5.73 Å². The number of thioether (sulfide) groups is 1. The number of hydrogen-bond acceptors (Lipinski definition) is 2. The van der Waals surface area contributed by atoms with Gasteiger partial charge >= 0.3 is 0 Å². The van der Waals surface area contributed by atoms with Crippen LogP contribution in [0.4, 0.5) is 0 Å². The minimum absolute atomic E-state index is 0.219. The Labute approximate surface area is 112 Å². The molecule has 0 saturated heterocycles. The fourth-order valence-corrected chi connectivity index (χ4v) is 3.37. The Morgan fingerprint density at radius 1 is 1.28 bits per heavy atom. The third kappa shape index (κ3) is 1.88. The predicted molar refractivity (Wildman–Crippen MR) is 77.4 cm³/mol. The van der Waals surface area contributed by atoms with Gasteiger partial charge in [0.15, 0.2) is 0 Å². The summed E-state index contributed by atoms with van der Waals surface area (Å²) in [6, 6.07) is 11.0. The fraction of sp³-hybridized carbons (Fsp3) is 0.333. The van der Waals surface area contributed by atoms with Crippen molar-refractivity contribution in [3.63, 3.8) is 0 Å². The van der Waals surface area contributed by atoms with Gasteiger partial charge in [0, 0.05) is 22.8 Å². The molecule has 94 valence electrons. The van der Waals surface area contributed by atoms with E-state index in [-0.39, 0.29) is 6.04 Å². The highest BCUT2D eigenvalue weighted by molar-refractivity contribution is 7.98. The van der Waals surface area contributed by atoms with Crippen LogP contribution in [-0.2, 0) is 6.42 Å². The van der Waals surface area contributed by atoms with E-state index in [2.05, 4.69) is 47.4 Å². The predicted octanol–water partition coefficient (Wildman–Crippen LogP) is 3.54. The Morgan fingerprint density at radius 2 is 2.11 bits per heavy atom. The molecule has 1 unspecified atom stereocenters. The van der Waals surface area contributed by atoms with Gasteiger partial charge in [-0.1, -0.05) is 12.1 Å². The van der Waals surface area contributed by atoms with Gasteiger partial charge in [-0.15, -0.1) is 11.8 Å². The van der Waals surface area contributed by atoms with Crippen LogP contribution in [0.1, 0.15) is 30.1 Å². The molecule has 2 N–H and O–H groups in total. The molecule has 1 aromatic heterocycles. The number of nitrogens with two attached hydrogens (primary N) is 1. The van der Waals surface area contributed by atoms with Crippen LogP contribution in [0, 0.1) is 0 Å². The lowest BCUT2D eigenvalue weighted by molar-refractivity contribution is 0.560. The summed E-state index contributed by atoms with van der Waals surface area (Å²) in [5.41, 5.74) is 10.2. The Bertz CT molecular complexity index is 559. The molecular formula is C15H18N2S. The molecule has 3 heteroatoms. The van der Waals surface area contributed by atoms with Gasteiger partial charge < -0.3 is 10.3 Å². The third-order valence-corrected chi connectivity index (χ3v) is 4.49. The van der Waals surface area contributed by atoms with E-state index in [1.807, 2.05) is 0 Å². The van der Waals surface area contributed by atoms with Crippen LogP contribution in [0.5, 0.6) is 0 Å². The quantitative estimate of drug-likeness (QED) is 0.835. The van der Waals surface area contributed by atoms with Crippen LogP contribution in [0.2, 0.25) is 0 Å². The van der Waals surface area contributed by atoms with Gasteiger partial charge in [-0.05, 0) is 49.3 Å². The number of fused-ring (bicyclic) bond motifs is 1. The summed E-state index contributed by atoms with van der Waals surface area (Å²) >= 11 is 1.79. The first-order valence-corrected chi connectivity index (χ1v) is 7.63. The molecule has 1 aliphatic carbocycles. The molecule has 0 amide bonds. The van der Waals surface area contributed by atoms with Gasteiger partial charge in [0.1, 0.15) is 0 Å². The Hall–Kier alpha value is -1.19. The molecule has 0 spiro atoms. The van der Waals surface area contributed by atoms with Crippen molar-refractivity contribution < 1.29 is 0 Å². The normalized spacial score (nSPS) is 18.7. The SMILES string of the molecule is CSc1ccccc1-n1ccc2c1CCCC2N. The van der Waals surface area contributed by atoms with Gasteiger partial charge in [0.05, 0.1) is 5.69 Å². The van der Waals surface area contributed by atoms with E-state index in [1.54, 1.807) is 11.8 Å². The van der Waals surface area contributed by atoms with E-state index in [0.29, 0.717) is 0 Å². The van der Waals surface area contributed by atoms with Crippen LogP contribution in [0.25, 0.3) is 5.69 Å². The van der Waals surface area contributed by atoms with Crippen LogP contribution in [0.3, 0.4) is 0 Å². The summed E-state index contributed by atoms with van der Waals surface area (Å²) in [5.74, 6) is 0. The molecule has 0 aliphatic heterocycles. The first-order valence-electron chi connectivity index (χ1n) is 6.40. The van der Waals surface area contributed by atoms with Crippen molar-refractivity contribution in [1.29, 1.82) is 0 Å². The van der Waals surface area contributed by atoms with Crippen molar-refractivity contribution in [1.82, 2.24) is 4.57 Å². The molecule has 1 aliphatic rings. The first-order chi connectivity index (χ1) is 8.81. The molecule has 1 aromatic carbocycles. The van der Waals surface area contributed by atoms with Crippen LogP contribution < -0.4 is 5.73 Å². The van der Waals surface area contributed by atoms with Crippen LogP contribution in [0.15, 0.2) is 41.4 Å². The van der Waals surface area contributed by atoms with E-state index in [1.165, 1.54) is 28.3 Å². The molecular weight excluding hydrogens is 240 g/mol. The summed E-state index contributed by atoms with van der Waals surface area (Å²) in [5, 5.41) is 0. The second-order valence-corrected chi connectivity index (χ2v) is 5.61. The van der Waals surface area contributed by atoms with Crippen LogP contribution in [-0.4, -0.2) is 10.8 Å². The number of nitrogens with zero attached hydrogens (tertiary/aromatic N) is 1. The molecule has 2 aromatic rings. The summed E-state index contributed by atoms with van der Waals surface area (Å²) in [7, 11) is 0. The first kappa shape index (κ1) is 11.9. The summed E-state index contributed by atoms with van der Waals surface area (Å²) < 4.78 is 2.32. The van der Waals surface area contributed by atoms with Crippen LogP contribution >= 0.6 is 11.8 Å². The Kier molecular flexibility index (Phi) is 3.18. The second-order valence-electron chi connectivity index (χ2n) is 4.76. The van der Waals surface area contributed by atoms with Crippen molar-refractivity contribution in [3.05, 3.63) is 47.8 Å². The maximum atomic E-state index is 6.19. The van der Waals surface area contributed by atoms with Gasteiger partial charge in [-0.3, -0.25) is 0 Å². The fourth-order valence-electron chi connectivity index (χ4n) is 2.78. The maximum Gasteiger partial charge on any atom is 0.0588 e. The average molecular weight is 258 g/mol. The molecule has 2 nitrogen and oxygen atoms in total. The zero-order valence-corrected chi connectivity index (χ0v) is 11.4. The minimum atomic E-state index is 0.219. The Balaban J connectivity index is 2.13. The second kappa shape index (κ2) is 4.82. The average Bonchev–Trinajstić information content (AvgIpc) is 2.84. The van der Waals surface area contributed by atoms with Gasteiger partial charge in [0.2, 0.25) is 0 Å². The highest BCUT2D eigenvalue weighted by Crippen LogP contribution is 2.33. The molecule has 1 heterocycles. The molecule has 0 bridgehead atoms. The molecule has 18 heavy (non-hydrogen) atoms. The maximum absolute atomic E-state index is 6.19. The zero-order valence-electron chi connectivity index (χ0n) is 10.6.